The van der Waals surface area contributed by atoms with Crippen molar-refractivity contribution in [3.63, 3.8) is 0 Å². The predicted octanol–water partition coefficient (Wildman–Crippen LogP) is 4.48. The van der Waals surface area contributed by atoms with E-state index in [1.54, 1.807) is 10.7 Å². The highest BCUT2D eigenvalue weighted by molar-refractivity contribution is 6.05. The summed E-state index contributed by atoms with van der Waals surface area (Å²) in [4.78, 5) is 16.8. The molecule has 3 aromatic heterocycles. The third-order valence-corrected chi connectivity index (χ3v) is 4.59. The van der Waals surface area contributed by atoms with Crippen LogP contribution >= 0.6 is 0 Å². The van der Waals surface area contributed by atoms with E-state index in [1.807, 2.05) is 19.9 Å². The van der Waals surface area contributed by atoms with Gasteiger partial charge in [-0.2, -0.15) is 23.4 Å². The summed E-state index contributed by atoms with van der Waals surface area (Å²) >= 11 is 0. The Labute approximate surface area is 179 Å². The summed E-state index contributed by atoms with van der Waals surface area (Å²) in [6, 6.07) is 9.26. The molecule has 1 N–H and O–H groups in total. The van der Waals surface area contributed by atoms with Crippen LogP contribution in [0.1, 0.15) is 27.4 Å². The molecule has 7 nitrogen and oxygen atoms in total. The molecule has 0 saturated heterocycles. The van der Waals surface area contributed by atoms with E-state index in [9.17, 15) is 22.4 Å². The number of benzene rings is 1. The number of amides is 1. The highest BCUT2D eigenvalue weighted by atomic mass is 19.4. The molecular formula is C21H16F4N6O. The topological polar surface area (TPSA) is 77.6 Å². The van der Waals surface area contributed by atoms with Gasteiger partial charge in [0.2, 0.25) is 0 Å². The molecule has 32 heavy (non-hydrogen) atoms. The quantitative estimate of drug-likeness (QED) is 0.471. The largest absolute Gasteiger partial charge is 0.434 e. The van der Waals surface area contributed by atoms with Crippen molar-refractivity contribution < 1.29 is 22.4 Å². The van der Waals surface area contributed by atoms with Gasteiger partial charge in [-0.3, -0.25) is 4.79 Å². The fourth-order valence-electron chi connectivity index (χ4n) is 3.21. The van der Waals surface area contributed by atoms with Crippen molar-refractivity contribution >= 4 is 11.6 Å². The van der Waals surface area contributed by atoms with Crippen LogP contribution in [0, 0.1) is 19.7 Å². The van der Waals surface area contributed by atoms with E-state index < -0.39 is 29.2 Å². The van der Waals surface area contributed by atoms with Gasteiger partial charge in [-0.15, -0.1) is 0 Å². The van der Waals surface area contributed by atoms with Gasteiger partial charge in [0, 0.05) is 5.69 Å². The van der Waals surface area contributed by atoms with Crippen molar-refractivity contribution in [1.82, 2.24) is 24.5 Å². The molecule has 0 aliphatic carbocycles. The van der Waals surface area contributed by atoms with Crippen LogP contribution in [-0.4, -0.2) is 30.5 Å². The second-order valence-corrected chi connectivity index (χ2v) is 6.99. The van der Waals surface area contributed by atoms with Gasteiger partial charge >= 0.3 is 6.18 Å². The highest BCUT2D eigenvalue weighted by Gasteiger charge is 2.40. The zero-order valence-electron chi connectivity index (χ0n) is 16.9. The number of nitrogens with one attached hydrogen (secondary N) is 1. The molecule has 0 radical (unpaired) electrons. The first-order valence-corrected chi connectivity index (χ1v) is 9.35. The minimum absolute atomic E-state index is 0.0336. The average molecular weight is 444 g/mol. The number of anilines is 1. The van der Waals surface area contributed by atoms with Gasteiger partial charge in [0.15, 0.2) is 11.5 Å². The molecule has 1 amide bonds. The number of carbonyl (C=O) groups excluding carboxylic acids is 1. The Hall–Kier alpha value is -4.02. The van der Waals surface area contributed by atoms with Crippen LogP contribution in [0.4, 0.5) is 23.2 Å². The van der Waals surface area contributed by atoms with Crippen LogP contribution in [0.25, 0.3) is 11.5 Å². The molecule has 3 heterocycles. The summed E-state index contributed by atoms with van der Waals surface area (Å²) in [6.07, 6.45) is -2.74. The van der Waals surface area contributed by atoms with Crippen molar-refractivity contribution in [2.45, 2.75) is 20.0 Å². The summed E-state index contributed by atoms with van der Waals surface area (Å²) in [7, 11) is 0. The number of aromatic nitrogens is 5. The van der Waals surface area contributed by atoms with Gasteiger partial charge in [-0.1, -0.05) is 0 Å². The molecule has 0 aliphatic heterocycles. The lowest BCUT2D eigenvalue weighted by molar-refractivity contribution is -0.143. The van der Waals surface area contributed by atoms with E-state index in [0.717, 1.165) is 41.9 Å². The zero-order valence-corrected chi connectivity index (χ0v) is 16.9. The molecule has 0 unspecified atom stereocenters. The number of carbonyl (C=O) groups is 1. The first kappa shape index (κ1) is 21.2. The van der Waals surface area contributed by atoms with Gasteiger partial charge < -0.3 is 5.32 Å². The number of hydrogen-bond donors (Lipinski definition) is 1. The van der Waals surface area contributed by atoms with Crippen molar-refractivity contribution in [1.29, 1.82) is 0 Å². The Bertz CT molecular complexity index is 1270. The lowest BCUT2D eigenvalue weighted by Crippen LogP contribution is -2.20. The van der Waals surface area contributed by atoms with Crippen LogP contribution in [0.2, 0.25) is 0 Å². The first-order valence-electron chi connectivity index (χ1n) is 9.35. The monoisotopic (exact) mass is 444 g/mol. The summed E-state index contributed by atoms with van der Waals surface area (Å²) in [5.41, 5.74) is -0.121. The molecule has 0 atom stereocenters. The van der Waals surface area contributed by atoms with Crippen molar-refractivity contribution in [3.8, 4) is 11.5 Å². The molecular weight excluding hydrogens is 428 g/mol. The van der Waals surface area contributed by atoms with Gasteiger partial charge in [-0.25, -0.2) is 18.7 Å². The predicted molar refractivity (Wildman–Crippen MR) is 107 cm³/mol. The number of hydrogen-bond acceptors (Lipinski definition) is 4. The molecule has 0 spiro atoms. The van der Waals surface area contributed by atoms with E-state index >= 15 is 0 Å². The Balaban J connectivity index is 1.62. The second-order valence-electron chi connectivity index (χ2n) is 6.99. The lowest BCUT2D eigenvalue weighted by atomic mass is 10.2. The average Bonchev–Trinajstić information content (AvgIpc) is 3.32. The third-order valence-electron chi connectivity index (χ3n) is 4.59. The van der Waals surface area contributed by atoms with Crippen LogP contribution in [0.15, 0.2) is 54.9 Å². The van der Waals surface area contributed by atoms with E-state index in [0.29, 0.717) is 10.5 Å². The molecule has 0 bridgehead atoms. The summed E-state index contributed by atoms with van der Waals surface area (Å²) in [5, 5.41) is 10.4. The van der Waals surface area contributed by atoms with Crippen LogP contribution < -0.4 is 5.32 Å². The van der Waals surface area contributed by atoms with Gasteiger partial charge in [0.25, 0.3) is 5.91 Å². The Morgan fingerprint density at radius 3 is 2.28 bits per heavy atom. The Kier molecular flexibility index (Phi) is 5.25. The molecule has 0 saturated carbocycles. The van der Waals surface area contributed by atoms with Gasteiger partial charge in [0.05, 0.1) is 35.0 Å². The summed E-state index contributed by atoms with van der Waals surface area (Å²) in [6.45, 7) is 3.69. The number of pyridine rings is 1. The molecule has 4 rings (SSSR count). The summed E-state index contributed by atoms with van der Waals surface area (Å²) < 4.78 is 56.6. The smallest absolute Gasteiger partial charge is 0.320 e. The standard InChI is InChI=1S/C21H16F4N6O/c1-12-9-13(2)30(29-12)18-8-5-15(10-26-18)28-20(32)17-11-27-31(19(17)21(23,24)25)16-6-3-14(22)4-7-16/h3-11H,1-2H3,(H,28,32). The van der Waals surface area contributed by atoms with E-state index in [4.69, 9.17) is 0 Å². The maximum absolute atomic E-state index is 13.7. The number of halogens is 4. The molecule has 164 valence electrons. The zero-order chi connectivity index (χ0) is 23.0. The van der Waals surface area contributed by atoms with Crippen molar-refractivity contribution in [3.05, 3.63) is 83.3 Å². The fourth-order valence-corrected chi connectivity index (χ4v) is 3.21. The SMILES string of the molecule is Cc1cc(C)n(-c2ccc(NC(=O)c3cnn(-c4ccc(F)cc4)c3C(F)(F)F)cn2)n1. The van der Waals surface area contributed by atoms with Crippen LogP contribution in [0.3, 0.4) is 0 Å². The minimum Gasteiger partial charge on any atom is -0.320 e. The third kappa shape index (κ3) is 4.09. The maximum atomic E-state index is 13.7. The number of alkyl halides is 3. The Morgan fingerprint density at radius 1 is 1.00 bits per heavy atom. The summed E-state index contributed by atoms with van der Waals surface area (Å²) in [5.74, 6) is -1.12. The normalized spacial score (nSPS) is 11.6. The van der Waals surface area contributed by atoms with E-state index in [2.05, 4.69) is 20.5 Å². The highest BCUT2D eigenvalue weighted by Crippen LogP contribution is 2.34. The van der Waals surface area contributed by atoms with Crippen LogP contribution in [-0.2, 0) is 6.18 Å². The fraction of sp³-hybridized carbons (Fsp3) is 0.143. The Morgan fingerprint density at radius 2 is 1.72 bits per heavy atom. The molecule has 0 fully saturated rings. The van der Waals surface area contributed by atoms with Gasteiger partial charge in [0.1, 0.15) is 5.82 Å². The minimum atomic E-state index is -4.88. The maximum Gasteiger partial charge on any atom is 0.434 e. The molecule has 11 heteroatoms. The van der Waals surface area contributed by atoms with E-state index in [-0.39, 0.29) is 11.4 Å². The van der Waals surface area contributed by atoms with Gasteiger partial charge in [-0.05, 0) is 56.3 Å². The first-order chi connectivity index (χ1) is 15.1. The lowest BCUT2D eigenvalue weighted by Gasteiger charge is -2.13. The van der Waals surface area contributed by atoms with Crippen molar-refractivity contribution in [2.75, 3.05) is 5.32 Å². The number of nitrogens with zero attached hydrogens (tertiary/aromatic N) is 5. The number of aryl methyl sites for hydroxylation is 2. The molecule has 4 aromatic rings. The second kappa shape index (κ2) is 7.91. The van der Waals surface area contributed by atoms with E-state index in [1.165, 1.54) is 12.3 Å². The van der Waals surface area contributed by atoms with Crippen molar-refractivity contribution in [2.24, 2.45) is 0 Å². The van der Waals surface area contributed by atoms with Crippen LogP contribution in [0.5, 0.6) is 0 Å². The molecule has 1 aromatic carbocycles. The number of rotatable bonds is 4. The molecule has 0 aliphatic rings.